The van der Waals surface area contributed by atoms with E-state index in [4.69, 9.17) is 4.74 Å². The second-order valence-corrected chi connectivity index (χ2v) is 8.38. The van der Waals surface area contributed by atoms with Crippen molar-refractivity contribution in [2.45, 2.75) is 13.8 Å². The van der Waals surface area contributed by atoms with Gasteiger partial charge in [-0.3, -0.25) is 19.5 Å². The van der Waals surface area contributed by atoms with Gasteiger partial charge in [-0.05, 0) is 68.4 Å². The number of pyridine rings is 1. The van der Waals surface area contributed by atoms with Crippen LogP contribution in [0.2, 0.25) is 0 Å². The molecule has 0 saturated heterocycles. The summed E-state index contributed by atoms with van der Waals surface area (Å²) in [5.74, 6) is -1.06. The van der Waals surface area contributed by atoms with E-state index in [2.05, 4.69) is 5.10 Å². The minimum atomic E-state index is -0.625. The maximum Gasteiger partial charge on any atom is 0.331 e. The average molecular weight is 485 g/mol. The molecule has 0 aliphatic carbocycles. The fourth-order valence-electron chi connectivity index (χ4n) is 4.29. The van der Waals surface area contributed by atoms with Crippen molar-refractivity contribution in [2.24, 2.45) is 0 Å². The first-order valence-corrected chi connectivity index (χ1v) is 11.1. The summed E-state index contributed by atoms with van der Waals surface area (Å²) in [6.07, 6.45) is 3.38. The van der Waals surface area contributed by atoms with Crippen LogP contribution in [0, 0.1) is 19.7 Å². The predicted octanol–water partition coefficient (Wildman–Crippen LogP) is 3.16. The number of ether oxygens (including phenoxy) is 1. The maximum absolute atomic E-state index is 13.8. The number of carbonyl (C=O) groups excluding carboxylic acids is 2. The van der Waals surface area contributed by atoms with Crippen LogP contribution in [0.3, 0.4) is 0 Å². The molecule has 4 aromatic rings. The van der Waals surface area contributed by atoms with Gasteiger partial charge in [-0.2, -0.15) is 4.57 Å². The number of carbonyl (C=O) groups is 2. The van der Waals surface area contributed by atoms with E-state index in [1.54, 1.807) is 54.2 Å². The summed E-state index contributed by atoms with van der Waals surface area (Å²) in [5, 5.41) is 2.95. The molecule has 2 amide bonds. The minimum absolute atomic E-state index is 0.0222. The Morgan fingerprint density at radius 2 is 1.56 bits per heavy atom. The lowest BCUT2D eigenvalue weighted by Crippen LogP contribution is -2.39. The number of hydrogen-bond acceptors (Lipinski definition) is 4. The number of hydrogen-bond donors (Lipinski definition) is 1. The van der Waals surface area contributed by atoms with Gasteiger partial charge in [0.2, 0.25) is 0 Å². The number of rotatable bonds is 5. The molecule has 8 nitrogen and oxygen atoms in total. The maximum atomic E-state index is 13.8. The first-order chi connectivity index (χ1) is 17.3. The number of nitrogens with one attached hydrogen (secondary N) is 1. The highest BCUT2D eigenvalue weighted by atomic mass is 19.1. The standard InChI is InChI=1S/C27H21FN4O4/c1-16-5-4-14-30(15-16)24-23(25(33)31(27(24)35)19-10-12-21(36-3)13-11-19)22-17(2)29-32(26(22)34)20-8-6-18(28)7-9-20/h4-15H,1-3H3/p+1. The zero-order chi connectivity index (χ0) is 25.6. The van der Waals surface area contributed by atoms with Gasteiger partial charge in [0.25, 0.3) is 17.2 Å². The largest absolute Gasteiger partial charge is 0.497 e. The van der Waals surface area contributed by atoms with Crippen LogP contribution in [0.1, 0.15) is 16.8 Å². The number of aromatic nitrogens is 3. The highest BCUT2D eigenvalue weighted by Crippen LogP contribution is 2.34. The van der Waals surface area contributed by atoms with E-state index < -0.39 is 23.2 Å². The SMILES string of the molecule is COc1ccc(N2C(=O)C(c3c(C)[nH]n(-c4ccc(F)cc4)c3=O)=C([n+]3cccc(C)c3)C2=O)cc1. The fourth-order valence-corrected chi connectivity index (χ4v) is 4.29. The Morgan fingerprint density at radius 1 is 0.889 bits per heavy atom. The van der Waals surface area contributed by atoms with E-state index >= 15 is 0 Å². The summed E-state index contributed by atoms with van der Waals surface area (Å²) < 4.78 is 21.4. The number of methoxy groups -OCH3 is 1. The lowest BCUT2D eigenvalue weighted by atomic mass is 10.1. The highest BCUT2D eigenvalue weighted by Gasteiger charge is 2.48. The smallest absolute Gasteiger partial charge is 0.331 e. The Labute approximate surface area is 205 Å². The summed E-state index contributed by atoms with van der Waals surface area (Å²) in [4.78, 5) is 42.2. The molecule has 0 saturated carbocycles. The average Bonchev–Trinajstić information content (AvgIpc) is 3.30. The number of aromatic amines is 1. The summed E-state index contributed by atoms with van der Waals surface area (Å²) in [6, 6.07) is 15.5. The van der Waals surface area contributed by atoms with Crippen LogP contribution in [0.5, 0.6) is 5.75 Å². The van der Waals surface area contributed by atoms with E-state index in [1.165, 1.54) is 36.1 Å². The van der Waals surface area contributed by atoms with Gasteiger partial charge in [-0.25, -0.2) is 14.0 Å². The molecule has 0 bridgehead atoms. The lowest BCUT2D eigenvalue weighted by Gasteiger charge is -2.14. The topological polar surface area (TPSA) is 88.3 Å². The zero-order valence-electron chi connectivity index (χ0n) is 19.8. The number of aryl methyl sites for hydroxylation is 2. The first kappa shape index (κ1) is 23.0. The van der Waals surface area contributed by atoms with E-state index in [0.29, 0.717) is 22.8 Å². The Balaban J connectivity index is 1.73. The van der Waals surface area contributed by atoms with Crippen LogP contribution in [0.25, 0.3) is 17.0 Å². The van der Waals surface area contributed by atoms with Crippen molar-refractivity contribution in [1.82, 2.24) is 9.78 Å². The third kappa shape index (κ3) is 3.70. The summed E-state index contributed by atoms with van der Waals surface area (Å²) in [5.41, 5.74) is 1.57. The molecule has 0 fully saturated rings. The second kappa shape index (κ2) is 8.77. The third-order valence-electron chi connectivity index (χ3n) is 6.00. The quantitative estimate of drug-likeness (QED) is 0.348. The minimum Gasteiger partial charge on any atom is -0.497 e. The lowest BCUT2D eigenvalue weighted by molar-refractivity contribution is -0.577. The Bertz CT molecular complexity index is 1600. The zero-order valence-corrected chi connectivity index (χ0v) is 19.8. The number of amides is 2. The molecule has 180 valence electrons. The summed E-state index contributed by atoms with van der Waals surface area (Å²) in [7, 11) is 1.52. The van der Waals surface area contributed by atoms with Crippen molar-refractivity contribution in [3.8, 4) is 11.4 Å². The number of imide groups is 1. The van der Waals surface area contributed by atoms with Crippen molar-refractivity contribution in [3.63, 3.8) is 0 Å². The van der Waals surface area contributed by atoms with Crippen molar-refractivity contribution in [3.05, 3.63) is 106 Å². The van der Waals surface area contributed by atoms with Crippen LogP contribution in [-0.4, -0.2) is 28.7 Å². The number of H-pyrrole nitrogens is 1. The molecule has 2 aromatic heterocycles. The number of nitrogens with zero attached hydrogens (tertiary/aromatic N) is 3. The molecule has 1 aliphatic rings. The van der Waals surface area contributed by atoms with E-state index in [1.807, 2.05) is 13.0 Å². The normalized spacial score (nSPS) is 13.6. The fraction of sp³-hybridized carbons (Fsp3) is 0.111. The molecule has 0 atom stereocenters. The Morgan fingerprint density at radius 3 is 2.19 bits per heavy atom. The molecule has 36 heavy (non-hydrogen) atoms. The molecule has 2 aromatic carbocycles. The summed E-state index contributed by atoms with van der Waals surface area (Å²) >= 11 is 0. The summed E-state index contributed by atoms with van der Waals surface area (Å²) in [6.45, 7) is 3.51. The van der Waals surface area contributed by atoms with Crippen LogP contribution < -0.4 is 19.8 Å². The molecule has 3 heterocycles. The Hall–Kier alpha value is -4.79. The van der Waals surface area contributed by atoms with Crippen molar-refractivity contribution < 1.29 is 23.3 Å². The Kier molecular flexibility index (Phi) is 5.60. The van der Waals surface area contributed by atoms with Gasteiger partial charge in [0.05, 0.1) is 24.0 Å². The molecule has 0 radical (unpaired) electrons. The van der Waals surface area contributed by atoms with Crippen LogP contribution in [0.15, 0.2) is 77.9 Å². The van der Waals surface area contributed by atoms with Gasteiger partial charge < -0.3 is 4.74 Å². The second-order valence-electron chi connectivity index (χ2n) is 8.38. The molecular weight excluding hydrogens is 463 g/mol. The number of anilines is 1. The monoisotopic (exact) mass is 485 g/mol. The van der Waals surface area contributed by atoms with Crippen molar-refractivity contribution in [2.75, 3.05) is 12.0 Å². The predicted molar refractivity (Wildman–Crippen MR) is 131 cm³/mol. The highest BCUT2D eigenvalue weighted by molar-refractivity contribution is 6.53. The van der Waals surface area contributed by atoms with Crippen LogP contribution in [-0.2, 0) is 9.59 Å². The van der Waals surface area contributed by atoms with Crippen molar-refractivity contribution in [1.29, 1.82) is 0 Å². The molecule has 9 heteroatoms. The number of benzene rings is 2. The van der Waals surface area contributed by atoms with Gasteiger partial charge in [-0.15, -0.1) is 0 Å². The molecule has 0 spiro atoms. The molecule has 0 unspecified atom stereocenters. The first-order valence-electron chi connectivity index (χ1n) is 11.1. The van der Waals surface area contributed by atoms with Gasteiger partial charge in [0, 0.05) is 17.3 Å². The van der Waals surface area contributed by atoms with E-state index in [-0.39, 0.29) is 16.8 Å². The molecule has 1 aliphatic heterocycles. The molecule has 1 N–H and O–H groups in total. The van der Waals surface area contributed by atoms with Gasteiger partial charge in [0.15, 0.2) is 12.4 Å². The molecular formula is C27H22FN4O4+. The molecule has 5 rings (SSSR count). The van der Waals surface area contributed by atoms with Gasteiger partial charge >= 0.3 is 5.91 Å². The van der Waals surface area contributed by atoms with Gasteiger partial charge in [0.1, 0.15) is 17.1 Å². The van der Waals surface area contributed by atoms with E-state index in [9.17, 15) is 18.8 Å². The van der Waals surface area contributed by atoms with Crippen LogP contribution in [0.4, 0.5) is 10.1 Å². The number of halogens is 1. The van der Waals surface area contributed by atoms with Crippen LogP contribution >= 0.6 is 0 Å². The van der Waals surface area contributed by atoms with Crippen molar-refractivity contribution >= 4 is 28.8 Å². The third-order valence-corrected chi connectivity index (χ3v) is 6.00. The van der Waals surface area contributed by atoms with E-state index in [0.717, 1.165) is 10.5 Å². The van der Waals surface area contributed by atoms with Gasteiger partial charge in [-0.1, -0.05) is 0 Å².